The number of benzene rings is 2. The van der Waals surface area contributed by atoms with Gasteiger partial charge in [-0.25, -0.2) is 9.97 Å². The SMILES string of the molecule is CC1CN(c2cc(Oc3ccccc3Cl)ncn2)CCN1C(=O)c1cccc([N+](=O)[O-])c1. The van der Waals surface area contributed by atoms with E-state index in [0.717, 1.165) is 0 Å². The minimum atomic E-state index is -0.504. The van der Waals surface area contributed by atoms with Gasteiger partial charge in [0.1, 0.15) is 17.9 Å². The van der Waals surface area contributed by atoms with Crippen molar-refractivity contribution in [3.05, 3.63) is 81.6 Å². The molecule has 0 bridgehead atoms. The Hall–Kier alpha value is -3.72. The zero-order valence-electron chi connectivity index (χ0n) is 17.2. The number of anilines is 1. The molecule has 32 heavy (non-hydrogen) atoms. The Kier molecular flexibility index (Phi) is 6.18. The third-order valence-electron chi connectivity index (χ3n) is 5.20. The number of rotatable bonds is 5. The van der Waals surface area contributed by atoms with E-state index < -0.39 is 4.92 Å². The van der Waals surface area contributed by atoms with Crippen LogP contribution in [0.5, 0.6) is 11.6 Å². The summed E-state index contributed by atoms with van der Waals surface area (Å²) in [6.07, 6.45) is 1.42. The van der Waals surface area contributed by atoms with Crippen molar-refractivity contribution in [2.75, 3.05) is 24.5 Å². The number of hydrogen-bond donors (Lipinski definition) is 0. The number of non-ortho nitro benzene ring substituents is 1. The molecule has 1 unspecified atom stereocenters. The number of ether oxygens (including phenoxy) is 1. The highest BCUT2D eigenvalue weighted by atomic mass is 35.5. The predicted molar refractivity (Wildman–Crippen MR) is 119 cm³/mol. The van der Waals surface area contributed by atoms with E-state index in [2.05, 4.69) is 9.97 Å². The third-order valence-corrected chi connectivity index (χ3v) is 5.51. The molecule has 10 heteroatoms. The van der Waals surface area contributed by atoms with Crippen LogP contribution in [0.3, 0.4) is 0 Å². The maximum atomic E-state index is 12.9. The van der Waals surface area contributed by atoms with Gasteiger partial charge < -0.3 is 14.5 Å². The highest BCUT2D eigenvalue weighted by molar-refractivity contribution is 6.32. The summed E-state index contributed by atoms with van der Waals surface area (Å²) in [4.78, 5) is 35.7. The lowest BCUT2D eigenvalue weighted by Crippen LogP contribution is -2.54. The summed E-state index contributed by atoms with van der Waals surface area (Å²) in [6, 6.07) is 14.5. The fourth-order valence-electron chi connectivity index (χ4n) is 3.58. The van der Waals surface area contributed by atoms with E-state index in [1.54, 1.807) is 29.2 Å². The van der Waals surface area contributed by atoms with Gasteiger partial charge in [-0.15, -0.1) is 0 Å². The summed E-state index contributed by atoms with van der Waals surface area (Å²) in [7, 11) is 0. The van der Waals surface area contributed by atoms with Gasteiger partial charge in [0.05, 0.1) is 9.95 Å². The van der Waals surface area contributed by atoms with Crippen LogP contribution in [0.15, 0.2) is 60.9 Å². The number of nitro groups is 1. The minimum Gasteiger partial charge on any atom is -0.437 e. The molecular weight excluding hydrogens is 434 g/mol. The molecule has 1 fully saturated rings. The highest BCUT2D eigenvalue weighted by Crippen LogP contribution is 2.29. The Balaban J connectivity index is 1.45. The molecule has 3 aromatic rings. The molecule has 0 saturated carbocycles. The normalized spacial score (nSPS) is 16.0. The molecule has 1 saturated heterocycles. The second-order valence-electron chi connectivity index (χ2n) is 7.35. The average molecular weight is 454 g/mol. The summed E-state index contributed by atoms with van der Waals surface area (Å²) in [5, 5.41) is 11.5. The van der Waals surface area contributed by atoms with E-state index in [4.69, 9.17) is 16.3 Å². The van der Waals surface area contributed by atoms with Crippen molar-refractivity contribution in [3.8, 4) is 11.6 Å². The van der Waals surface area contributed by atoms with Gasteiger partial charge in [-0.1, -0.05) is 29.8 Å². The number of carbonyl (C=O) groups excluding carboxylic acids is 1. The number of nitrogens with zero attached hydrogens (tertiary/aromatic N) is 5. The molecule has 1 aliphatic heterocycles. The third kappa shape index (κ3) is 4.62. The van der Waals surface area contributed by atoms with E-state index in [1.807, 2.05) is 24.0 Å². The quantitative estimate of drug-likeness (QED) is 0.421. The Morgan fingerprint density at radius 2 is 1.97 bits per heavy atom. The molecule has 2 heterocycles. The molecule has 0 spiro atoms. The highest BCUT2D eigenvalue weighted by Gasteiger charge is 2.29. The second kappa shape index (κ2) is 9.19. The van der Waals surface area contributed by atoms with Crippen LogP contribution in [0.25, 0.3) is 0 Å². The van der Waals surface area contributed by atoms with Crippen LogP contribution in [-0.4, -0.2) is 51.4 Å². The van der Waals surface area contributed by atoms with Crippen LogP contribution in [0.1, 0.15) is 17.3 Å². The Morgan fingerprint density at radius 3 is 2.72 bits per heavy atom. The fourth-order valence-corrected chi connectivity index (χ4v) is 3.76. The van der Waals surface area contributed by atoms with E-state index >= 15 is 0 Å². The smallest absolute Gasteiger partial charge is 0.270 e. The summed E-state index contributed by atoms with van der Waals surface area (Å²) < 4.78 is 5.79. The van der Waals surface area contributed by atoms with Crippen molar-refractivity contribution < 1.29 is 14.5 Å². The average Bonchev–Trinajstić information content (AvgIpc) is 2.80. The predicted octanol–water partition coefficient (Wildman–Crippen LogP) is 4.18. The first-order valence-electron chi connectivity index (χ1n) is 9.97. The lowest BCUT2D eigenvalue weighted by molar-refractivity contribution is -0.384. The van der Waals surface area contributed by atoms with Gasteiger partial charge in [0, 0.05) is 49.4 Å². The first kappa shape index (κ1) is 21.5. The van der Waals surface area contributed by atoms with Crippen molar-refractivity contribution in [2.45, 2.75) is 13.0 Å². The lowest BCUT2D eigenvalue weighted by atomic mass is 10.1. The number of para-hydroxylation sites is 1. The minimum absolute atomic E-state index is 0.103. The van der Waals surface area contributed by atoms with Crippen molar-refractivity contribution >= 4 is 29.0 Å². The molecular formula is C22H20ClN5O4. The summed E-state index contributed by atoms with van der Waals surface area (Å²) in [5.74, 6) is 1.31. The standard InChI is InChI=1S/C22H20ClN5O4/c1-15-13-26(9-10-27(15)22(29)16-5-4-6-17(11-16)28(30)31)20-12-21(25-14-24-20)32-19-8-3-2-7-18(19)23/h2-8,11-12,14-15H,9-10,13H2,1H3. The van der Waals surface area contributed by atoms with Gasteiger partial charge in [0.25, 0.3) is 11.6 Å². The molecule has 4 rings (SSSR count). The maximum absolute atomic E-state index is 12.9. The van der Waals surface area contributed by atoms with Gasteiger partial charge >= 0.3 is 0 Å². The molecule has 1 atom stereocenters. The van der Waals surface area contributed by atoms with Crippen LogP contribution in [-0.2, 0) is 0 Å². The van der Waals surface area contributed by atoms with E-state index in [9.17, 15) is 14.9 Å². The largest absolute Gasteiger partial charge is 0.437 e. The molecule has 0 aliphatic carbocycles. The first-order chi connectivity index (χ1) is 15.4. The van der Waals surface area contributed by atoms with E-state index in [1.165, 1.54) is 24.5 Å². The summed E-state index contributed by atoms with van der Waals surface area (Å²) >= 11 is 6.15. The maximum Gasteiger partial charge on any atom is 0.270 e. The lowest BCUT2D eigenvalue weighted by Gasteiger charge is -2.40. The molecule has 1 amide bonds. The molecule has 1 aromatic heterocycles. The topological polar surface area (TPSA) is 102 Å². The Labute approximate surface area is 189 Å². The summed E-state index contributed by atoms with van der Waals surface area (Å²) in [5.41, 5.74) is 0.200. The summed E-state index contributed by atoms with van der Waals surface area (Å²) in [6.45, 7) is 3.48. The van der Waals surface area contributed by atoms with Gasteiger partial charge in [-0.3, -0.25) is 14.9 Å². The van der Waals surface area contributed by atoms with Crippen molar-refractivity contribution in [3.63, 3.8) is 0 Å². The molecule has 164 valence electrons. The number of hydrogen-bond acceptors (Lipinski definition) is 7. The first-order valence-corrected chi connectivity index (χ1v) is 10.3. The number of halogens is 1. The van der Waals surface area contributed by atoms with Crippen LogP contribution >= 0.6 is 11.6 Å². The van der Waals surface area contributed by atoms with E-state index in [0.29, 0.717) is 47.7 Å². The number of aromatic nitrogens is 2. The van der Waals surface area contributed by atoms with Crippen LogP contribution < -0.4 is 9.64 Å². The fraction of sp³-hybridized carbons (Fsp3) is 0.227. The molecule has 0 N–H and O–H groups in total. The van der Waals surface area contributed by atoms with Crippen molar-refractivity contribution in [1.29, 1.82) is 0 Å². The van der Waals surface area contributed by atoms with Crippen LogP contribution in [0.4, 0.5) is 11.5 Å². The number of amides is 1. The number of nitro benzene ring substituents is 1. The van der Waals surface area contributed by atoms with Crippen LogP contribution in [0, 0.1) is 10.1 Å². The van der Waals surface area contributed by atoms with Gasteiger partial charge in [0.2, 0.25) is 5.88 Å². The van der Waals surface area contributed by atoms with Gasteiger partial charge in [0.15, 0.2) is 0 Å². The second-order valence-corrected chi connectivity index (χ2v) is 7.76. The van der Waals surface area contributed by atoms with Crippen LogP contribution in [0.2, 0.25) is 5.02 Å². The Bertz CT molecular complexity index is 1160. The van der Waals surface area contributed by atoms with Crippen molar-refractivity contribution in [1.82, 2.24) is 14.9 Å². The molecule has 2 aromatic carbocycles. The van der Waals surface area contributed by atoms with Crippen molar-refractivity contribution in [2.24, 2.45) is 0 Å². The monoisotopic (exact) mass is 453 g/mol. The van der Waals surface area contributed by atoms with Gasteiger partial charge in [-0.05, 0) is 25.1 Å². The van der Waals surface area contributed by atoms with Gasteiger partial charge in [-0.2, -0.15) is 0 Å². The Morgan fingerprint density at radius 1 is 1.16 bits per heavy atom. The zero-order valence-corrected chi connectivity index (χ0v) is 18.0. The van der Waals surface area contributed by atoms with E-state index in [-0.39, 0.29) is 17.6 Å². The molecule has 9 nitrogen and oxygen atoms in total. The number of piperazine rings is 1. The number of carbonyl (C=O) groups is 1. The zero-order chi connectivity index (χ0) is 22.7. The molecule has 1 aliphatic rings. The molecule has 0 radical (unpaired) electrons.